The number of carbonyl (C=O) groups is 1. The highest BCUT2D eigenvalue weighted by atomic mass is 16.3. The molecule has 0 bridgehead atoms. The minimum absolute atomic E-state index is 0.0286. The monoisotopic (exact) mass is 250 g/mol. The van der Waals surface area contributed by atoms with Crippen LogP contribution in [0.5, 0.6) is 0 Å². The molecule has 0 aliphatic heterocycles. The summed E-state index contributed by atoms with van der Waals surface area (Å²) in [5, 5.41) is 13.8. The summed E-state index contributed by atoms with van der Waals surface area (Å²) in [4.78, 5) is 11.5. The summed E-state index contributed by atoms with van der Waals surface area (Å²) in [6.45, 7) is 1.53. The lowest BCUT2D eigenvalue weighted by molar-refractivity contribution is 0.101. The Morgan fingerprint density at radius 1 is 1.00 bits per heavy atom. The van der Waals surface area contributed by atoms with Crippen LogP contribution in [0.25, 0.3) is 21.5 Å². The molecule has 3 aromatic carbocycles. The lowest BCUT2D eigenvalue weighted by atomic mass is 9.95. The molecule has 0 atom stereocenters. The lowest BCUT2D eigenvalue weighted by Crippen LogP contribution is -1.94. The van der Waals surface area contributed by atoms with Crippen LogP contribution in [0.3, 0.4) is 0 Å². The van der Waals surface area contributed by atoms with E-state index in [1.165, 1.54) is 0 Å². The molecule has 1 N–H and O–H groups in total. The van der Waals surface area contributed by atoms with Crippen LogP contribution in [0, 0.1) is 0 Å². The summed E-state index contributed by atoms with van der Waals surface area (Å²) in [5.74, 6) is 0.0407. The van der Waals surface area contributed by atoms with Crippen LogP contribution >= 0.6 is 0 Å². The predicted octanol–water partition coefficient (Wildman–Crippen LogP) is 3.69. The minimum atomic E-state index is -0.0286. The van der Waals surface area contributed by atoms with Crippen LogP contribution in [0.2, 0.25) is 0 Å². The van der Waals surface area contributed by atoms with E-state index in [0.717, 1.165) is 27.1 Å². The summed E-state index contributed by atoms with van der Waals surface area (Å²) in [7, 11) is 0. The molecular weight excluding hydrogens is 236 g/mol. The van der Waals surface area contributed by atoms with Crippen LogP contribution in [-0.2, 0) is 6.61 Å². The van der Waals surface area contributed by atoms with Gasteiger partial charge in [0, 0.05) is 5.56 Å². The van der Waals surface area contributed by atoms with E-state index in [1.807, 2.05) is 42.5 Å². The van der Waals surface area contributed by atoms with Gasteiger partial charge in [-0.15, -0.1) is 0 Å². The Labute approximate surface area is 111 Å². The Morgan fingerprint density at radius 3 is 2.47 bits per heavy atom. The summed E-state index contributed by atoms with van der Waals surface area (Å²) in [6, 6.07) is 15.7. The Morgan fingerprint density at radius 2 is 1.74 bits per heavy atom. The maximum atomic E-state index is 11.5. The van der Waals surface area contributed by atoms with Crippen molar-refractivity contribution in [2.24, 2.45) is 0 Å². The summed E-state index contributed by atoms with van der Waals surface area (Å²) < 4.78 is 0. The molecule has 2 heteroatoms. The summed E-state index contributed by atoms with van der Waals surface area (Å²) in [5.41, 5.74) is 1.56. The number of rotatable bonds is 2. The van der Waals surface area contributed by atoms with Gasteiger partial charge in [0.1, 0.15) is 0 Å². The summed E-state index contributed by atoms with van der Waals surface area (Å²) >= 11 is 0. The van der Waals surface area contributed by atoms with E-state index in [4.69, 9.17) is 0 Å². The van der Waals surface area contributed by atoms with Crippen LogP contribution in [0.1, 0.15) is 22.8 Å². The Balaban J connectivity index is 2.46. The molecule has 3 aromatic rings. The fourth-order valence-corrected chi connectivity index (χ4v) is 2.54. The van der Waals surface area contributed by atoms with Crippen molar-refractivity contribution in [3.63, 3.8) is 0 Å². The van der Waals surface area contributed by atoms with E-state index in [2.05, 4.69) is 6.07 Å². The zero-order chi connectivity index (χ0) is 13.4. The maximum Gasteiger partial charge on any atom is 0.159 e. The second kappa shape index (κ2) is 4.48. The van der Waals surface area contributed by atoms with E-state index in [-0.39, 0.29) is 12.4 Å². The highest BCUT2D eigenvalue weighted by Gasteiger charge is 2.08. The zero-order valence-corrected chi connectivity index (χ0v) is 10.7. The van der Waals surface area contributed by atoms with Gasteiger partial charge in [-0.2, -0.15) is 0 Å². The van der Waals surface area contributed by atoms with E-state index >= 15 is 0 Å². The molecule has 0 fully saturated rings. The Kier molecular flexibility index (Phi) is 2.80. The van der Waals surface area contributed by atoms with Crippen molar-refractivity contribution in [2.45, 2.75) is 13.5 Å². The van der Waals surface area contributed by atoms with Crippen molar-refractivity contribution in [3.8, 4) is 0 Å². The SMILES string of the molecule is CC(=O)c1ccc2cc3ccccc3c(CO)c2c1. The molecule has 0 unspecified atom stereocenters. The topological polar surface area (TPSA) is 37.3 Å². The van der Waals surface area contributed by atoms with E-state index in [9.17, 15) is 9.90 Å². The van der Waals surface area contributed by atoms with E-state index in [1.54, 1.807) is 6.92 Å². The van der Waals surface area contributed by atoms with Gasteiger partial charge in [0.25, 0.3) is 0 Å². The van der Waals surface area contributed by atoms with Crippen molar-refractivity contribution in [2.75, 3.05) is 0 Å². The number of fused-ring (bicyclic) bond motifs is 2. The number of Topliss-reactive ketones (excluding diaryl/α,β-unsaturated/α-hetero) is 1. The first-order chi connectivity index (χ1) is 9.20. The van der Waals surface area contributed by atoms with Crippen LogP contribution in [0.4, 0.5) is 0 Å². The standard InChI is InChI=1S/C17H14O2/c1-11(19)12-6-7-14-8-13-4-2-3-5-15(13)17(10-18)16(14)9-12/h2-9,18H,10H2,1H3. The van der Waals surface area contributed by atoms with Crippen LogP contribution < -0.4 is 0 Å². The van der Waals surface area contributed by atoms with Crippen molar-refractivity contribution < 1.29 is 9.90 Å². The number of aliphatic hydroxyl groups is 1. The first-order valence-electron chi connectivity index (χ1n) is 6.27. The molecule has 0 aromatic heterocycles. The quantitative estimate of drug-likeness (QED) is 0.556. The molecule has 94 valence electrons. The molecule has 0 amide bonds. The average molecular weight is 250 g/mol. The molecule has 0 spiro atoms. The number of benzene rings is 3. The third kappa shape index (κ3) is 1.90. The molecule has 2 nitrogen and oxygen atoms in total. The van der Waals surface area contributed by atoms with Gasteiger partial charge in [0.15, 0.2) is 5.78 Å². The second-order valence-corrected chi connectivity index (χ2v) is 4.73. The Hall–Kier alpha value is -2.19. The molecular formula is C17H14O2. The van der Waals surface area contributed by atoms with Gasteiger partial charge in [-0.25, -0.2) is 0 Å². The van der Waals surface area contributed by atoms with Gasteiger partial charge in [-0.1, -0.05) is 36.4 Å². The van der Waals surface area contributed by atoms with Crippen LogP contribution in [0.15, 0.2) is 48.5 Å². The minimum Gasteiger partial charge on any atom is -0.392 e. The first kappa shape index (κ1) is 11.9. The number of aliphatic hydroxyl groups excluding tert-OH is 1. The van der Waals surface area contributed by atoms with Gasteiger partial charge in [-0.05, 0) is 46.2 Å². The molecule has 0 saturated carbocycles. The molecule has 0 aliphatic rings. The fourth-order valence-electron chi connectivity index (χ4n) is 2.54. The number of carbonyl (C=O) groups excluding carboxylic acids is 1. The van der Waals surface area contributed by atoms with Crippen molar-refractivity contribution in [1.29, 1.82) is 0 Å². The first-order valence-corrected chi connectivity index (χ1v) is 6.27. The van der Waals surface area contributed by atoms with Gasteiger partial charge < -0.3 is 5.11 Å². The van der Waals surface area contributed by atoms with Gasteiger partial charge in [0.2, 0.25) is 0 Å². The lowest BCUT2D eigenvalue weighted by Gasteiger charge is -2.10. The number of ketones is 1. The van der Waals surface area contributed by atoms with Gasteiger partial charge >= 0.3 is 0 Å². The largest absolute Gasteiger partial charge is 0.392 e. The predicted molar refractivity (Wildman–Crippen MR) is 77.4 cm³/mol. The normalized spacial score (nSPS) is 11.1. The number of hydrogen-bond donors (Lipinski definition) is 1. The highest BCUT2D eigenvalue weighted by Crippen LogP contribution is 2.29. The molecule has 0 heterocycles. The van der Waals surface area contributed by atoms with Crippen molar-refractivity contribution >= 4 is 27.3 Å². The van der Waals surface area contributed by atoms with Gasteiger partial charge in [0.05, 0.1) is 6.61 Å². The highest BCUT2D eigenvalue weighted by molar-refractivity contribution is 6.05. The molecule has 19 heavy (non-hydrogen) atoms. The van der Waals surface area contributed by atoms with Crippen LogP contribution in [-0.4, -0.2) is 10.9 Å². The molecule has 3 rings (SSSR count). The van der Waals surface area contributed by atoms with E-state index in [0.29, 0.717) is 5.56 Å². The molecule has 0 radical (unpaired) electrons. The molecule has 0 saturated heterocycles. The molecule has 0 aliphatic carbocycles. The van der Waals surface area contributed by atoms with Gasteiger partial charge in [-0.3, -0.25) is 4.79 Å². The smallest absolute Gasteiger partial charge is 0.159 e. The van der Waals surface area contributed by atoms with Crippen molar-refractivity contribution in [3.05, 3.63) is 59.7 Å². The third-order valence-corrected chi connectivity index (χ3v) is 3.54. The third-order valence-electron chi connectivity index (χ3n) is 3.54. The zero-order valence-electron chi connectivity index (χ0n) is 10.7. The Bertz CT molecular complexity index is 788. The van der Waals surface area contributed by atoms with Crippen molar-refractivity contribution in [1.82, 2.24) is 0 Å². The second-order valence-electron chi connectivity index (χ2n) is 4.73. The fraction of sp³-hybridized carbons (Fsp3) is 0.118. The number of hydrogen-bond acceptors (Lipinski definition) is 2. The summed E-state index contributed by atoms with van der Waals surface area (Å²) in [6.07, 6.45) is 0. The maximum absolute atomic E-state index is 11.5. The van der Waals surface area contributed by atoms with E-state index < -0.39 is 0 Å². The average Bonchev–Trinajstić information content (AvgIpc) is 2.44.